The molecule has 2 aliphatic heterocycles. The lowest BCUT2D eigenvalue weighted by molar-refractivity contribution is -0.137. The van der Waals surface area contributed by atoms with Crippen LogP contribution in [0.4, 0.5) is 0 Å². The van der Waals surface area contributed by atoms with E-state index in [9.17, 15) is 9.90 Å². The van der Waals surface area contributed by atoms with Gasteiger partial charge in [0, 0.05) is 39.3 Å². The molecule has 1 amide bonds. The number of rotatable bonds is 4. The molecule has 8 heteroatoms. The smallest absolute Gasteiger partial charge is 0.225 e. The second kappa shape index (κ2) is 8.20. The van der Waals surface area contributed by atoms with Crippen molar-refractivity contribution in [2.45, 2.75) is 69.1 Å². The van der Waals surface area contributed by atoms with Gasteiger partial charge in [-0.15, -0.1) is 5.10 Å². The summed E-state index contributed by atoms with van der Waals surface area (Å²) >= 11 is 0. The first-order valence-electron chi connectivity index (χ1n) is 11.6. The first-order chi connectivity index (χ1) is 14.6. The molecule has 4 fully saturated rings. The summed E-state index contributed by atoms with van der Waals surface area (Å²) in [6.45, 7) is 3.08. The fourth-order valence-corrected chi connectivity index (χ4v) is 6.17. The highest BCUT2D eigenvalue weighted by molar-refractivity contribution is 5.79. The van der Waals surface area contributed by atoms with Crippen LogP contribution in [0.15, 0.2) is 6.20 Å². The minimum Gasteiger partial charge on any atom is -0.383 e. The van der Waals surface area contributed by atoms with Gasteiger partial charge in [-0.3, -0.25) is 4.79 Å². The number of hydrogen-bond donors (Lipinski definition) is 1. The molecular weight excluding hydrogens is 384 g/mol. The Labute approximate surface area is 177 Å². The van der Waals surface area contributed by atoms with Gasteiger partial charge < -0.3 is 19.5 Å². The molecule has 0 unspecified atom stereocenters. The molecule has 1 aromatic heterocycles. The molecule has 1 aromatic rings. The summed E-state index contributed by atoms with van der Waals surface area (Å²) in [5, 5.41) is 19.6. The van der Waals surface area contributed by atoms with Crippen LogP contribution in [0.1, 0.15) is 63.1 Å². The van der Waals surface area contributed by atoms with Crippen LogP contribution in [-0.4, -0.2) is 70.4 Å². The van der Waals surface area contributed by atoms with E-state index in [0.717, 1.165) is 64.5 Å². The molecule has 1 N–H and O–H groups in total. The van der Waals surface area contributed by atoms with Gasteiger partial charge in [-0.05, 0) is 50.4 Å². The highest BCUT2D eigenvalue weighted by Gasteiger charge is 2.46. The highest BCUT2D eigenvalue weighted by Crippen LogP contribution is 2.43. The Morgan fingerprint density at radius 3 is 2.60 bits per heavy atom. The Hall–Kier alpha value is -1.51. The van der Waals surface area contributed by atoms with Crippen LogP contribution >= 0.6 is 0 Å². The van der Waals surface area contributed by atoms with Crippen LogP contribution in [0.2, 0.25) is 0 Å². The van der Waals surface area contributed by atoms with Crippen LogP contribution in [0.3, 0.4) is 0 Å². The van der Waals surface area contributed by atoms with E-state index in [4.69, 9.17) is 9.47 Å². The van der Waals surface area contributed by atoms with Crippen molar-refractivity contribution in [1.82, 2.24) is 19.9 Å². The fourth-order valence-electron chi connectivity index (χ4n) is 6.17. The number of amides is 1. The van der Waals surface area contributed by atoms with Crippen molar-refractivity contribution in [2.24, 2.45) is 17.8 Å². The van der Waals surface area contributed by atoms with Gasteiger partial charge in [0.25, 0.3) is 0 Å². The zero-order valence-corrected chi connectivity index (χ0v) is 17.9. The molecule has 5 rings (SSSR count). The van der Waals surface area contributed by atoms with Gasteiger partial charge in [-0.25, -0.2) is 4.68 Å². The molecule has 30 heavy (non-hydrogen) atoms. The lowest BCUT2D eigenvalue weighted by Crippen LogP contribution is -2.38. The normalized spacial score (nSPS) is 34.3. The molecule has 0 spiro atoms. The van der Waals surface area contributed by atoms with Gasteiger partial charge in [0.2, 0.25) is 5.91 Å². The van der Waals surface area contributed by atoms with E-state index in [1.54, 1.807) is 7.11 Å². The maximum absolute atomic E-state index is 13.0. The van der Waals surface area contributed by atoms with Crippen molar-refractivity contribution in [3.8, 4) is 0 Å². The summed E-state index contributed by atoms with van der Waals surface area (Å²) < 4.78 is 13.2. The summed E-state index contributed by atoms with van der Waals surface area (Å²) in [6.07, 6.45) is 9.14. The van der Waals surface area contributed by atoms with Crippen LogP contribution < -0.4 is 0 Å². The van der Waals surface area contributed by atoms with Gasteiger partial charge >= 0.3 is 0 Å². The van der Waals surface area contributed by atoms with E-state index < -0.39 is 5.60 Å². The van der Waals surface area contributed by atoms with Gasteiger partial charge in [-0.2, -0.15) is 0 Å². The van der Waals surface area contributed by atoms with Crippen molar-refractivity contribution in [3.05, 3.63) is 11.9 Å². The average Bonchev–Trinajstić information content (AvgIpc) is 3.52. The third-order valence-electron chi connectivity index (χ3n) is 8.03. The van der Waals surface area contributed by atoms with Crippen molar-refractivity contribution in [1.29, 1.82) is 0 Å². The van der Waals surface area contributed by atoms with E-state index in [-0.39, 0.29) is 18.1 Å². The molecule has 2 saturated carbocycles. The van der Waals surface area contributed by atoms with E-state index >= 15 is 0 Å². The number of carbonyl (C=O) groups excluding carboxylic acids is 1. The zero-order chi connectivity index (χ0) is 20.7. The molecule has 3 heterocycles. The van der Waals surface area contributed by atoms with Gasteiger partial charge in [-0.1, -0.05) is 18.1 Å². The number of fused-ring (bicyclic) bond motifs is 1. The number of likely N-dealkylation sites (tertiary alicyclic amines) is 1. The summed E-state index contributed by atoms with van der Waals surface area (Å²) in [7, 11) is 1.76. The molecule has 4 aliphatic rings. The molecule has 166 valence electrons. The van der Waals surface area contributed by atoms with Crippen LogP contribution in [0, 0.1) is 17.8 Å². The first-order valence-corrected chi connectivity index (χ1v) is 11.6. The Bertz CT molecular complexity index is 756. The number of carbonyl (C=O) groups is 1. The van der Waals surface area contributed by atoms with E-state index in [1.165, 1.54) is 0 Å². The number of aliphatic hydroxyl groups is 1. The van der Waals surface area contributed by atoms with Crippen molar-refractivity contribution in [2.75, 3.05) is 33.4 Å². The average molecular weight is 419 g/mol. The van der Waals surface area contributed by atoms with Crippen LogP contribution in [-0.2, 0) is 19.9 Å². The number of hydrogen-bond acceptors (Lipinski definition) is 6. The van der Waals surface area contributed by atoms with Crippen LogP contribution in [0.5, 0.6) is 0 Å². The predicted octanol–water partition coefficient (Wildman–Crippen LogP) is 1.89. The van der Waals surface area contributed by atoms with E-state index in [2.05, 4.69) is 15.2 Å². The minimum atomic E-state index is -0.821. The molecule has 8 nitrogen and oxygen atoms in total. The van der Waals surface area contributed by atoms with Crippen molar-refractivity contribution < 1.29 is 19.4 Å². The topological polar surface area (TPSA) is 89.7 Å². The summed E-state index contributed by atoms with van der Waals surface area (Å²) in [5.41, 5.74) is -0.127. The lowest BCUT2D eigenvalue weighted by atomic mass is 9.77. The quantitative estimate of drug-likeness (QED) is 0.803. The molecule has 2 saturated heterocycles. The summed E-state index contributed by atoms with van der Waals surface area (Å²) in [6, 6.07) is 0.0978. The van der Waals surface area contributed by atoms with Gasteiger partial charge in [0.1, 0.15) is 11.3 Å². The molecule has 4 atom stereocenters. The Balaban J connectivity index is 1.28. The number of methoxy groups -OCH3 is 1. The molecule has 0 aromatic carbocycles. The van der Waals surface area contributed by atoms with Gasteiger partial charge in [0.05, 0.1) is 18.3 Å². The first kappa shape index (κ1) is 20.4. The second-order valence-corrected chi connectivity index (χ2v) is 9.79. The Morgan fingerprint density at radius 1 is 1.20 bits per heavy atom. The monoisotopic (exact) mass is 418 g/mol. The summed E-state index contributed by atoms with van der Waals surface area (Å²) in [4.78, 5) is 15.1. The summed E-state index contributed by atoms with van der Waals surface area (Å²) in [5.74, 6) is 1.38. The maximum atomic E-state index is 13.0. The number of ether oxygens (including phenoxy) is 2. The number of nitrogens with zero attached hydrogens (tertiary/aromatic N) is 4. The SMILES string of the molecule is CO[C@@H]1C[C@H]2CN(C(=O)C3CCOCC3)C[C@H]2C[C@H]1n1cc(C2(O)CCCC2)nn1. The predicted molar refractivity (Wildman–Crippen MR) is 109 cm³/mol. The largest absolute Gasteiger partial charge is 0.383 e. The lowest BCUT2D eigenvalue weighted by Gasteiger charge is -2.36. The molecule has 0 radical (unpaired) electrons. The van der Waals surface area contributed by atoms with Gasteiger partial charge in [0.15, 0.2) is 0 Å². The van der Waals surface area contributed by atoms with Crippen LogP contribution in [0.25, 0.3) is 0 Å². The highest BCUT2D eigenvalue weighted by atomic mass is 16.5. The van der Waals surface area contributed by atoms with Crippen molar-refractivity contribution in [3.63, 3.8) is 0 Å². The van der Waals surface area contributed by atoms with E-state index in [0.29, 0.717) is 36.7 Å². The maximum Gasteiger partial charge on any atom is 0.225 e. The fraction of sp³-hybridized carbons (Fsp3) is 0.864. The zero-order valence-electron chi connectivity index (χ0n) is 17.9. The number of aromatic nitrogens is 3. The Morgan fingerprint density at radius 2 is 1.90 bits per heavy atom. The molecular formula is C22H34N4O4. The third kappa shape index (κ3) is 3.67. The molecule has 2 aliphatic carbocycles. The van der Waals surface area contributed by atoms with Crippen molar-refractivity contribution >= 4 is 5.91 Å². The minimum absolute atomic E-state index is 0.0529. The third-order valence-corrected chi connectivity index (χ3v) is 8.03. The standard InChI is InChI=1S/C22H34N4O4/c1-29-19-11-17-13-25(21(27)15-4-8-30-9-5-15)12-16(17)10-18(19)26-14-20(23-24-26)22(28)6-2-3-7-22/h14-19,28H,2-13H2,1H3/t16-,17+,18-,19-/m1/s1. The van der Waals surface area contributed by atoms with E-state index in [1.807, 2.05) is 10.9 Å². The molecule has 0 bridgehead atoms. The second-order valence-electron chi connectivity index (χ2n) is 9.79. The Kier molecular flexibility index (Phi) is 5.58.